The number of ether oxygens (including phenoxy) is 1. The van der Waals surface area contributed by atoms with Gasteiger partial charge in [-0.3, -0.25) is 23.1 Å². The highest BCUT2D eigenvalue weighted by atomic mass is 32.1. The lowest BCUT2D eigenvalue weighted by molar-refractivity contribution is -0.157. The van der Waals surface area contributed by atoms with E-state index in [1.165, 1.54) is 32.5 Å². The predicted molar refractivity (Wildman–Crippen MR) is 149 cm³/mol. The average molecular weight is 594 g/mol. The molecule has 13 heteroatoms. The van der Waals surface area contributed by atoms with E-state index in [-0.39, 0.29) is 54.1 Å². The second kappa shape index (κ2) is 13.3. The highest BCUT2D eigenvalue weighted by molar-refractivity contribution is 7.13. The molecule has 2 saturated heterocycles. The molecule has 2 aromatic carbocycles. The van der Waals surface area contributed by atoms with Crippen molar-refractivity contribution in [1.82, 2.24) is 13.8 Å². The van der Waals surface area contributed by atoms with Crippen LogP contribution in [-0.2, 0) is 20.9 Å². The van der Waals surface area contributed by atoms with E-state index in [9.17, 15) is 19.2 Å². The van der Waals surface area contributed by atoms with Gasteiger partial charge in [0, 0.05) is 26.1 Å². The third kappa shape index (κ3) is 6.80. The predicted octanol–water partition coefficient (Wildman–Crippen LogP) is 2.42. The molecule has 4 N–H and O–H groups in total. The molecule has 3 aromatic rings. The summed E-state index contributed by atoms with van der Waals surface area (Å²) in [5.41, 5.74) is -0.162. The van der Waals surface area contributed by atoms with Crippen LogP contribution in [0.2, 0.25) is 0 Å². The Kier molecular flexibility index (Phi) is 10.3. The van der Waals surface area contributed by atoms with Crippen LogP contribution in [0.3, 0.4) is 0 Å². The molecule has 2 atom stereocenters. The van der Waals surface area contributed by atoms with Crippen LogP contribution < -0.4 is 10.3 Å². The molecule has 1 aromatic heterocycles. The van der Waals surface area contributed by atoms with Crippen molar-refractivity contribution in [1.29, 1.82) is 0 Å². The molecule has 2 aliphatic heterocycles. The van der Waals surface area contributed by atoms with Crippen molar-refractivity contribution in [3.8, 4) is 5.75 Å². The Balaban J connectivity index is 0.00000231. The zero-order chi connectivity index (χ0) is 27.6. The maximum absolute atomic E-state index is 15.3. The van der Waals surface area contributed by atoms with E-state index in [0.29, 0.717) is 31.2 Å². The van der Waals surface area contributed by atoms with E-state index < -0.39 is 36.3 Å². The van der Waals surface area contributed by atoms with E-state index in [2.05, 4.69) is 0 Å². The van der Waals surface area contributed by atoms with E-state index in [1.807, 2.05) is 12.1 Å². The number of aromatic nitrogens is 1. The van der Waals surface area contributed by atoms with Gasteiger partial charge in [-0.15, -0.1) is 0 Å². The number of carbonyl (C=O) groups excluding carboxylic acids is 3. The Labute approximate surface area is 238 Å². The van der Waals surface area contributed by atoms with Crippen LogP contribution in [0.25, 0.3) is 10.1 Å². The Morgan fingerprint density at radius 2 is 1.59 bits per heavy atom. The highest BCUT2D eigenvalue weighted by Gasteiger charge is 2.51. The number of fused-ring (bicyclic) bond motifs is 1. The third-order valence-corrected chi connectivity index (χ3v) is 8.44. The first kappa shape index (κ1) is 31.8. The number of likely N-dealkylation sites (tertiary alicyclic amines) is 2. The van der Waals surface area contributed by atoms with E-state index >= 15 is 8.78 Å². The molecule has 222 valence electrons. The number of alkyl halides is 2. The molecule has 2 fully saturated rings. The normalized spacial score (nSPS) is 18.6. The Morgan fingerprint density at radius 1 is 0.927 bits per heavy atom. The number of para-hydroxylation sites is 1. The zero-order valence-corrected chi connectivity index (χ0v) is 23.1. The van der Waals surface area contributed by atoms with E-state index in [0.717, 1.165) is 9.60 Å². The lowest BCUT2D eigenvalue weighted by Gasteiger charge is -2.34. The summed E-state index contributed by atoms with van der Waals surface area (Å²) in [6.07, 6.45) is 0.304. The summed E-state index contributed by atoms with van der Waals surface area (Å²) in [5, 5.41) is 0.595. The topological polar surface area (TPSA) is 152 Å². The molecule has 0 radical (unpaired) electrons. The van der Waals surface area contributed by atoms with Gasteiger partial charge in [0.15, 0.2) is 0 Å². The molecule has 0 saturated carbocycles. The standard InChI is InChI=1S/C28H29F2N3O5S.2H2O/c29-28(30,18-25(35)38-19-8-2-1-3-9-19)23-13-7-16-32(23)27(37)21-11-6-15-31(21)24(34)14-17-33-26(36)20-10-4-5-12-22(20)39-33;;/h1-5,8-10,12,21,23H,6-7,11,13-18H2;2*1H2/t21-,23-;;/m0../s1. The first-order valence-electron chi connectivity index (χ1n) is 13.1. The van der Waals surface area contributed by atoms with Gasteiger partial charge in [0.2, 0.25) is 11.8 Å². The summed E-state index contributed by atoms with van der Waals surface area (Å²) in [6, 6.07) is 12.9. The van der Waals surface area contributed by atoms with Crippen molar-refractivity contribution in [2.45, 2.75) is 63.1 Å². The monoisotopic (exact) mass is 593 g/mol. The molecule has 0 aliphatic carbocycles. The van der Waals surface area contributed by atoms with Gasteiger partial charge in [0.05, 0.1) is 16.1 Å². The van der Waals surface area contributed by atoms with Crippen LogP contribution >= 0.6 is 11.5 Å². The molecule has 41 heavy (non-hydrogen) atoms. The van der Waals surface area contributed by atoms with E-state index in [4.69, 9.17) is 4.74 Å². The van der Waals surface area contributed by atoms with Gasteiger partial charge in [-0.2, -0.15) is 0 Å². The minimum atomic E-state index is -3.48. The molecule has 0 bridgehead atoms. The Morgan fingerprint density at radius 3 is 2.32 bits per heavy atom. The van der Waals surface area contributed by atoms with Crippen molar-refractivity contribution in [3.63, 3.8) is 0 Å². The zero-order valence-electron chi connectivity index (χ0n) is 22.3. The molecular weight excluding hydrogens is 560 g/mol. The number of amides is 2. The van der Waals surface area contributed by atoms with Crippen molar-refractivity contribution < 1.29 is 38.9 Å². The van der Waals surface area contributed by atoms with Gasteiger partial charge in [-0.05, 0) is 49.9 Å². The van der Waals surface area contributed by atoms with Crippen molar-refractivity contribution in [2.75, 3.05) is 13.1 Å². The van der Waals surface area contributed by atoms with Crippen molar-refractivity contribution in [2.24, 2.45) is 0 Å². The first-order chi connectivity index (χ1) is 18.7. The number of nitrogens with zero attached hydrogens (tertiary/aromatic N) is 3. The number of hydrogen-bond acceptors (Lipinski definition) is 6. The maximum Gasteiger partial charge on any atom is 0.317 e. The lowest BCUT2D eigenvalue weighted by atomic mass is 10.0. The number of hydrogen-bond donors (Lipinski definition) is 0. The fraction of sp³-hybridized carbons (Fsp3) is 0.429. The molecule has 2 aliphatic rings. The largest absolute Gasteiger partial charge is 0.426 e. The van der Waals surface area contributed by atoms with Gasteiger partial charge >= 0.3 is 5.97 Å². The summed E-state index contributed by atoms with van der Waals surface area (Å²) in [7, 11) is 0. The molecule has 5 rings (SSSR count). The number of rotatable bonds is 8. The number of halogens is 2. The first-order valence-corrected chi connectivity index (χ1v) is 13.8. The van der Waals surface area contributed by atoms with E-state index in [1.54, 1.807) is 30.3 Å². The summed E-state index contributed by atoms with van der Waals surface area (Å²) in [5.74, 6) is -5.17. The molecular formula is C28H33F2N3O7S. The number of carbonyl (C=O) groups is 3. The van der Waals surface area contributed by atoms with Crippen molar-refractivity contribution >= 4 is 39.4 Å². The number of aryl methyl sites for hydroxylation is 1. The maximum atomic E-state index is 15.3. The van der Waals surface area contributed by atoms with Crippen LogP contribution in [0.15, 0.2) is 59.4 Å². The van der Waals surface area contributed by atoms with Gasteiger partial charge in [0.25, 0.3) is 11.5 Å². The SMILES string of the molecule is O.O.O=C(CC(F)(F)[C@@H]1CCCN1C(=O)[C@@H]1CCCN1C(=O)CCn1sc2ccccc2c1=O)Oc1ccccc1. The van der Waals surface area contributed by atoms with Crippen LogP contribution in [0.4, 0.5) is 8.78 Å². The third-order valence-electron chi connectivity index (χ3n) is 7.32. The fourth-order valence-corrected chi connectivity index (χ4v) is 6.45. The van der Waals surface area contributed by atoms with Gasteiger partial charge in [-0.25, -0.2) is 8.78 Å². The minimum absolute atomic E-state index is 0. The second-order valence-electron chi connectivity index (χ2n) is 9.90. The van der Waals surface area contributed by atoms with Gasteiger partial charge in [-0.1, -0.05) is 41.9 Å². The van der Waals surface area contributed by atoms with Crippen LogP contribution in [-0.4, -0.2) is 73.6 Å². The summed E-state index contributed by atoms with van der Waals surface area (Å²) in [4.78, 5) is 54.0. The Hall–Kier alpha value is -3.68. The summed E-state index contributed by atoms with van der Waals surface area (Å²) in [6.45, 7) is 0.680. The Bertz CT molecular complexity index is 1430. The second-order valence-corrected chi connectivity index (χ2v) is 11.0. The van der Waals surface area contributed by atoms with Crippen molar-refractivity contribution in [3.05, 3.63) is 65.0 Å². The highest BCUT2D eigenvalue weighted by Crippen LogP contribution is 2.36. The fourth-order valence-electron chi connectivity index (χ4n) is 5.45. The minimum Gasteiger partial charge on any atom is -0.426 e. The lowest BCUT2D eigenvalue weighted by Crippen LogP contribution is -2.54. The summed E-state index contributed by atoms with van der Waals surface area (Å²) < 4.78 is 37.9. The molecule has 2 amide bonds. The average Bonchev–Trinajstić information content (AvgIpc) is 3.67. The smallest absolute Gasteiger partial charge is 0.317 e. The number of esters is 1. The molecule has 0 spiro atoms. The quantitative estimate of drug-likeness (QED) is 0.290. The number of benzene rings is 2. The molecule has 10 nitrogen and oxygen atoms in total. The van der Waals surface area contributed by atoms with Crippen LogP contribution in [0.1, 0.15) is 38.5 Å². The van der Waals surface area contributed by atoms with Gasteiger partial charge < -0.3 is 25.5 Å². The van der Waals surface area contributed by atoms with Gasteiger partial charge in [0.1, 0.15) is 18.2 Å². The molecule has 3 heterocycles. The summed E-state index contributed by atoms with van der Waals surface area (Å²) >= 11 is 1.28. The van der Waals surface area contributed by atoms with Crippen LogP contribution in [0.5, 0.6) is 5.75 Å². The molecule has 0 unspecified atom stereocenters. The van der Waals surface area contributed by atoms with Crippen LogP contribution in [0, 0.1) is 0 Å².